The van der Waals surface area contributed by atoms with E-state index in [0.717, 1.165) is 17.8 Å². The first-order chi connectivity index (χ1) is 14.8. The SMILES string of the molecule is CC(=O)NCc1cnc2cc(C)nn2c1[C@@H]1CN(S(=O)(=O)c2ccc(F)cc2)CCO1. The molecule has 0 radical (unpaired) electrons. The summed E-state index contributed by atoms with van der Waals surface area (Å²) in [6, 6.07) is 6.55. The van der Waals surface area contributed by atoms with E-state index in [0.29, 0.717) is 16.9 Å². The van der Waals surface area contributed by atoms with Gasteiger partial charge in [0.1, 0.15) is 11.9 Å². The van der Waals surface area contributed by atoms with Gasteiger partial charge in [0.15, 0.2) is 5.65 Å². The highest BCUT2D eigenvalue weighted by Crippen LogP contribution is 2.29. The first-order valence-electron chi connectivity index (χ1n) is 9.71. The van der Waals surface area contributed by atoms with Crippen molar-refractivity contribution < 1.29 is 22.3 Å². The number of benzene rings is 1. The van der Waals surface area contributed by atoms with Gasteiger partial charge in [0.25, 0.3) is 0 Å². The van der Waals surface area contributed by atoms with Crippen LogP contribution in [0, 0.1) is 12.7 Å². The molecule has 0 spiro atoms. The minimum Gasteiger partial charge on any atom is -0.369 e. The van der Waals surface area contributed by atoms with E-state index in [1.54, 1.807) is 10.7 Å². The number of fused-ring (bicyclic) bond motifs is 1. The number of aryl methyl sites for hydroxylation is 1. The molecule has 1 atom stereocenters. The van der Waals surface area contributed by atoms with Crippen LogP contribution in [0.3, 0.4) is 0 Å². The molecule has 0 unspecified atom stereocenters. The third-order valence-electron chi connectivity index (χ3n) is 5.04. The molecule has 31 heavy (non-hydrogen) atoms. The molecule has 1 fully saturated rings. The maximum absolute atomic E-state index is 13.3. The predicted octanol–water partition coefficient (Wildman–Crippen LogP) is 1.58. The zero-order valence-electron chi connectivity index (χ0n) is 17.1. The third-order valence-corrected chi connectivity index (χ3v) is 6.92. The second-order valence-corrected chi connectivity index (χ2v) is 9.25. The van der Waals surface area contributed by atoms with Crippen molar-refractivity contribution in [3.63, 3.8) is 0 Å². The van der Waals surface area contributed by atoms with Gasteiger partial charge >= 0.3 is 0 Å². The first kappa shape index (κ1) is 21.3. The molecule has 1 aromatic carbocycles. The number of ether oxygens (including phenoxy) is 1. The second kappa shape index (κ2) is 8.33. The normalized spacial score (nSPS) is 17.7. The molecule has 3 aromatic rings. The highest BCUT2D eigenvalue weighted by molar-refractivity contribution is 7.89. The second-order valence-electron chi connectivity index (χ2n) is 7.31. The van der Waals surface area contributed by atoms with Gasteiger partial charge in [-0.25, -0.2) is 22.3 Å². The standard InChI is InChI=1S/C20H22FN5O4S/c1-13-9-19-23-11-15(10-22-14(2)27)20(26(19)24-13)18-12-25(7-8-30-18)31(28,29)17-5-3-16(21)4-6-17/h3-6,9,11,18H,7-8,10,12H2,1-2H3,(H,22,27)/t18-/m0/s1. The van der Waals surface area contributed by atoms with E-state index < -0.39 is 21.9 Å². The number of sulfonamides is 1. The smallest absolute Gasteiger partial charge is 0.243 e. The van der Waals surface area contributed by atoms with Crippen LogP contribution in [0.5, 0.6) is 0 Å². The van der Waals surface area contributed by atoms with Gasteiger partial charge in [-0.05, 0) is 31.2 Å². The molecule has 3 heterocycles. The zero-order chi connectivity index (χ0) is 22.2. The first-order valence-corrected chi connectivity index (χ1v) is 11.2. The van der Waals surface area contributed by atoms with E-state index >= 15 is 0 Å². The van der Waals surface area contributed by atoms with Crippen LogP contribution in [0.4, 0.5) is 4.39 Å². The number of rotatable bonds is 5. The predicted molar refractivity (Wildman–Crippen MR) is 109 cm³/mol. The lowest BCUT2D eigenvalue weighted by atomic mass is 10.1. The highest BCUT2D eigenvalue weighted by Gasteiger charge is 2.34. The van der Waals surface area contributed by atoms with Crippen LogP contribution in [0.2, 0.25) is 0 Å². The molecule has 0 bridgehead atoms. The van der Waals surface area contributed by atoms with E-state index in [2.05, 4.69) is 15.4 Å². The third kappa shape index (κ3) is 4.29. The van der Waals surface area contributed by atoms with Gasteiger partial charge in [-0.1, -0.05) is 0 Å². The van der Waals surface area contributed by atoms with Crippen molar-refractivity contribution in [2.75, 3.05) is 19.7 Å². The Morgan fingerprint density at radius 3 is 2.77 bits per heavy atom. The van der Waals surface area contributed by atoms with Crippen molar-refractivity contribution in [2.45, 2.75) is 31.4 Å². The van der Waals surface area contributed by atoms with E-state index in [1.807, 2.05) is 13.0 Å². The van der Waals surface area contributed by atoms with Crippen LogP contribution in [0.15, 0.2) is 41.4 Å². The number of nitrogens with one attached hydrogen (secondary N) is 1. The van der Waals surface area contributed by atoms with Crippen LogP contribution >= 0.6 is 0 Å². The number of hydrogen-bond acceptors (Lipinski definition) is 6. The molecule has 2 aromatic heterocycles. The molecule has 1 aliphatic heterocycles. The number of nitrogens with zero attached hydrogens (tertiary/aromatic N) is 4. The number of morpholine rings is 1. The van der Waals surface area contributed by atoms with Gasteiger partial charge in [0.05, 0.1) is 22.9 Å². The Morgan fingerprint density at radius 1 is 1.32 bits per heavy atom. The van der Waals surface area contributed by atoms with E-state index in [1.165, 1.54) is 23.4 Å². The lowest BCUT2D eigenvalue weighted by Crippen LogP contribution is -2.43. The fraction of sp³-hybridized carbons (Fsp3) is 0.350. The molecule has 0 aliphatic carbocycles. The summed E-state index contributed by atoms with van der Waals surface area (Å²) in [5.41, 5.74) is 2.65. The van der Waals surface area contributed by atoms with E-state index in [9.17, 15) is 17.6 Å². The average molecular weight is 447 g/mol. The largest absolute Gasteiger partial charge is 0.369 e. The number of carbonyl (C=O) groups is 1. The van der Waals surface area contributed by atoms with Crippen molar-refractivity contribution in [3.05, 3.63) is 59.3 Å². The summed E-state index contributed by atoms with van der Waals surface area (Å²) in [5, 5.41) is 7.23. The van der Waals surface area contributed by atoms with Gasteiger partial charge < -0.3 is 10.1 Å². The molecule has 9 nitrogen and oxygen atoms in total. The maximum atomic E-state index is 13.3. The van der Waals surface area contributed by atoms with E-state index in [4.69, 9.17) is 4.74 Å². The van der Waals surface area contributed by atoms with Gasteiger partial charge in [-0.2, -0.15) is 9.40 Å². The summed E-state index contributed by atoms with van der Waals surface area (Å²) in [5.74, 6) is -0.706. The lowest BCUT2D eigenvalue weighted by molar-refractivity contribution is -0.119. The summed E-state index contributed by atoms with van der Waals surface area (Å²) < 4.78 is 48.3. The summed E-state index contributed by atoms with van der Waals surface area (Å²) in [6.45, 7) is 3.84. The molecule has 164 valence electrons. The minimum absolute atomic E-state index is 0.0165. The number of aromatic nitrogens is 3. The Balaban J connectivity index is 1.71. The molecule has 0 saturated carbocycles. The van der Waals surface area contributed by atoms with Crippen LogP contribution in [-0.2, 0) is 26.1 Å². The summed E-state index contributed by atoms with van der Waals surface area (Å²) >= 11 is 0. The summed E-state index contributed by atoms with van der Waals surface area (Å²) in [6.07, 6.45) is 1.01. The molecule has 11 heteroatoms. The molecular formula is C20H22FN5O4S. The molecule has 1 N–H and O–H groups in total. The quantitative estimate of drug-likeness (QED) is 0.637. The number of halogens is 1. The fourth-order valence-corrected chi connectivity index (χ4v) is 4.99. The fourth-order valence-electron chi connectivity index (χ4n) is 3.57. The van der Waals surface area contributed by atoms with Gasteiger partial charge in [0.2, 0.25) is 15.9 Å². The molecule has 1 saturated heterocycles. The van der Waals surface area contributed by atoms with Crippen molar-refractivity contribution in [3.8, 4) is 0 Å². The highest BCUT2D eigenvalue weighted by atomic mass is 32.2. The Morgan fingerprint density at radius 2 is 2.06 bits per heavy atom. The number of hydrogen-bond donors (Lipinski definition) is 1. The van der Waals surface area contributed by atoms with Crippen molar-refractivity contribution >= 4 is 21.6 Å². The number of carbonyl (C=O) groups excluding carboxylic acids is 1. The summed E-state index contributed by atoms with van der Waals surface area (Å²) in [7, 11) is -3.83. The Kier molecular flexibility index (Phi) is 5.73. The molecular weight excluding hydrogens is 425 g/mol. The molecule has 1 amide bonds. The minimum atomic E-state index is -3.83. The monoisotopic (exact) mass is 447 g/mol. The van der Waals surface area contributed by atoms with Gasteiger partial charge in [0, 0.05) is 44.4 Å². The van der Waals surface area contributed by atoms with Crippen molar-refractivity contribution in [2.24, 2.45) is 0 Å². The molecule has 4 rings (SSSR count). The topological polar surface area (TPSA) is 106 Å². The van der Waals surface area contributed by atoms with Crippen molar-refractivity contribution in [1.29, 1.82) is 0 Å². The zero-order valence-corrected chi connectivity index (χ0v) is 17.9. The Hall–Kier alpha value is -2.89. The van der Waals surface area contributed by atoms with Crippen LogP contribution < -0.4 is 5.32 Å². The summed E-state index contributed by atoms with van der Waals surface area (Å²) in [4.78, 5) is 15.8. The number of amides is 1. The maximum Gasteiger partial charge on any atom is 0.243 e. The van der Waals surface area contributed by atoms with Gasteiger partial charge in [-0.15, -0.1) is 0 Å². The lowest BCUT2D eigenvalue weighted by Gasteiger charge is -2.33. The molecule has 1 aliphatic rings. The van der Waals surface area contributed by atoms with Crippen LogP contribution in [-0.4, -0.2) is 52.9 Å². The Bertz CT molecular complexity index is 1230. The van der Waals surface area contributed by atoms with Crippen LogP contribution in [0.1, 0.15) is 30.0 Å². The average Bonchev–Trinajstić information content (AvgIpc) is 3.12. The van der Waals surface area contributed by atoms with Gasteiger partial charge in [-0.3, -0.25) is 4.79 Å². The Labute approximate surface area is 178 Å². The van der Waals surface area contributed by atoms with E-state index in [-0.39, 0.29) is 37.0 Å². The van der Waals surface area contributed by atoms with Crippen LogP contribution in [0.25, 0.3) is 5.65 Å². The van der Waals surface area contributed by atoms with Crippen molar-refractivity contribution in [1.82, 2.24) is 24.2 Å².